The fraction of sp³-hybridized carbons (Fsp3) is 0.388. The number of nitrogens with zero attached hydrogens (tertiary/aromatic N) is 16. The standard InChI is InChI=1S/C21H22IN5O2.C21H24N6O2.C20H20ClN5O2.C14H16N4O4.C14H20N4O.C7H6INO2.CH5N/c1-26-7-4-13(5-8-26)27-11-12-9-16-17(10-14(12)21(27)28)25-19(24-16)18-15(22)3-6-23-20(18)29-2;1-22-15-3-6-23-20(28)18(15)19-24-16-9-12-11-27(13-4-7-26(2)8-5-13)21(29)14(12)10-17(16)25-19;1-25-6-3-12(4-7-25)26-10-11-8-15-16(9-13(11)20(26)28)24-18(23-15)17-14(21)2-5-22-19(17)27;1-16-4-2-8(3-5-16)17-13(19)9-6-11(15)12(18(21)22)7-10(9)14(17)20;1-17-4-2-10(3-5-17)18-8-9-6-12(15)13(16)7-11(9)14(18)19;1-11-7-5(4-10)6(8)2-3-9-7;1-2/h3,6,9-10,13H,4-5,7-8,11H2,1-2H3,(H,24,25);3,6,9-10,13H,4-5,7-8,11H2,1-2H3,(H,24,25)(H2,22,23,28);2,5,8-9,12H,3-4,6-7,10H2,1H3,(H,22,27)(H,23,24);6-8H,2-5,15H2,1H3;6-7,10H,2-5,8,15-16H2,1H3;2-4H,1H3;2H2,1H3. The van der Waals surface area contributed by atoms with Crippen LogP contribution >= 0.6 is 56.8 Å². The van der Waals surface area contributed by atoms with Gasteiger partial charge in [-0.1, -0.05) is 11.6 Å². The highest BCUT2D eigenvalue weighted by Gasteiger charge is 2.44. The minimum atomic E-state index is -0.647. The monoisotopic (exact) mass is 2150 g/mol. The van der Waals surface area contributed by atoms with Crippen LogP contribution in [0.3, 0.4) is 0 Å². The maximum absolute atomic E-state index is 13.1. The molecule has 0 saturated carbocycles. The Labute approximate surface area is 838 Å². The van der Waals surface area contributed by atoms with E-state index in [1.54, 1.807) is 57.0 Å². The number of methoxy groups -OCH3 is 2. The predicted molar refractivity (Wildman–Crippen MR) is 552 cm³/mol. The first-order valence-corrected chi connectivity index (χ1v) is 49.0. The first kappa shape index (κ1) is 100. The molecule has 10 aliphatic heterocycles. The first-order valence-electron chi connectivity index (χ1n) is 46.4. The molecule has 734 valence electrons. The normalized spacial score (nSPS) is 17.7. The van der Waals surface area contributed by atoms with Crippen molar-refractivity contribution < 1.29 is 48.0 Å². The third kappa shape index (κ3) is 20.7. The Bertz CT molecular complexity index is 6900. The number of hydrogen-bond acceptors (Lipinski definition) is 28. The van der Waals surface area contributed by atoms with E-state index < -0.39 is 16.7 Å². The molecule has 0 radical (unpaired) electrons. The molecule has 0 atom stereocenters. The lowest BCUT2D eigenvalue weighted by Crippen LogP contribution is -2.46. The SMILES string of the molecule is CN.CN1CCC(N2C(=O)c3cc(N)c([N+](=O)[O-])cc3C2=O)CC1.CN1CCC(N2Cc3cc(N)c(N)cc3C2=O)CC1.CN1CCC(N2Cc3cc4[nH]c(-c5c(Cl)cc[nH]c5=O)nc4cc3C2=O)CC1.CNc1cc[nH]c(=O)c1-c1nc2cc3c(cc2[nH]1)CN(C1CCN(C)CC1)C3=O.COc1nccc(I)c1-c1nc2cc3c(cc2[nH]1)CN(C1CCN(C)CC1)C3=O.COc1nccc(I)c1C=O. The van der Waals surface area contributed by atoms with E-state index in [1.807, 2.05) is 69.1 Å². The number of aromatic amines is 5. The fourth-order valence-electron chi connectivity index (χ4n) is 19.8. The highest BCUT2D eigenvalue weighted by Crippen LogP contribution is 2.41. The van der Waals surface area contributed by atoms with Gasteiger partial charge in [0.25, 0.3) is 52.2 Å². The van der Waals surface area contributed by atoms with Gasteiger partial charge in [-0.3, -0.25) is 58.2 Å². The van der Waals surface area contributed by atoms with Crippen LogP contribution < -0.4 is 48.8 Å². The maximum Gasteiger partial charge on any atom is 0.292 e. The first-order chi connectivity index (χ1) is 67.3. The molecular weight excluding hydrogens is 2040 g/mol. The zero-order valence-electron chi connectivity index (χ0n) is 79.2. The highest BCUT2D eigenvalue weighted by atomic mass is 127. The van der Waals surface area contributed by atoms with Gasteiger partial charge in [0.2, 0.25) is 11.8 Å². The lowest BCUT2D eigenvalue weighted by atomic mass is 10.0. The second-order valence-electron chi connectivity index (χ2n) is 36.5. The van der Waals surface area contributed by atoms with Crippen LogP contribution in [0.2, 0.25) is 5.02 Å². The van der Waals surface area contributed by atoms with Crippen molar-refractivity contribution in [2.45, 2.75) is 121 Å². The summed E-state index contributed by atoms with van der Waals surface area (Å²) in [6.07, 6.45) is 16.8. The number of carbonyl (C=O) groups excluding carboxylic acids is 7. The summed E-state index contributed by atoms with van der Waals surface area (Å²) in [5, 5.41) is 14.3. The van der Waals surface area contributed by atoms with Crippen molar-refractivity contribution >= 4 is 160 Å². The summed E-state index contributed by atoms with van der Waals surface area (Å²) in [7, 11) is 16.9. The van der Waals surface area contributed by atoms with Gasteiger partial charge < -0.3 is 107 Å². The summed E-state index contributed by atoms with van der Waals surface area (Å²) >= 11 is 10.5. The number of fused-ring (bicyclic) bond motifs is 8. The number of anilines is 4. The molecule has 0 bridgehead atoms. The van der Waals surface area contributed by atoms with E-state index in [0.29, 0.717) is 148 Å². The molecule has 39 nitrogen and oxygen atoms in total. The molecule has 10 aliphatic rings. The van der Waals surface area contributed by atoms with Crippen LogP contribution in [-0.4, -0.2) is 305 Å². The van der Waals surface area contributed by atoms with E-state index in [0.717, 1.165) is 203 Å². The number of halogens is 3. The third-order valence-electron chi connectivity index (χ3n) is 27.7. The van der Waals surface area contributed by atoms with Gasteiger partial charge in [0.15, 0.2) is 6.29 Å². The number of H-pyrrole nitrogens is 5. The number of nitrogen functional groups attached to an aromatic ring is 3. The Morgan fingerprint density at radius 3 is 1.17 bits per heavy atom. The van der Waals surface area contributed by atoms with Crippen LogP contribution in [0.25, 0.3) is 67.3 Å². The second-order valence-corrected chi connectivity index (χ2v) is 39.2. The van der Waals surface area contributed by atoms with E-state index in [9.17, 15) is 53.3 Å². The molecular formula is C98H113ClI2N26O13. The fourth-order valence-corrected chi connectivity index (χ4v) is 21.3. The number of piperidine rings is 5. The van der Waals surface area contributed by atoms with Crippen LogP contribution in [0.4, 0.5) is 28.4 Å². The number of rotatable bonds is 13. The lowest BCUT2D eigenvalue weighted by Gasteiger charge is -2.34. The van der Waals surface area contributed by atoms with E-state index in [-0.39, 0.29) is 63.3 Å². The van der Waals surface area contributed by atoms with Crippen molar-refractivity contribution in [2.75, 3.05) is 152 Å². The van der Waals surface area contributed by atoms with Crippen LogP contribution in [0.1, 0.15) is 159 Å². The Morgan fingerprint density at radius 2 is 0.786 bits per heavy atom. The molecule has 5 fully saturated rings. The molecule has 42 heteroatoms. The summed E-state index contributed by atoms with van der Waals surface area (Å²) in [5.74, 6) is 2.07. The van der Waals surface area contributed by atoms with Crippen molar-refractivity contribution in [3.05, 3.63) is 214 Å². The van der Waals surface area contributed by atoms with E-state index in [1.165, 1.54) is 31.3 Å². The van der Waals surface area contributed by atoms with Crippen LogP contribution in [0, 0.1) is 17.3 Å². The van der Waals surface area contributed by atoms with Crippen molar-refractivity contribution in [1.82, 2.24) is 98.8 Å². The van der Waals surface area contributed by atoms with Crippen LogP contribution in [0.15, 0.2) is 119 Å². The van der Waals surface area contributed by atoms with Crippen LogP contribution in [-0.2, 0) is 26.2 Å². The lowest BCUT2D eigenvalue weighted by molar-refractivity contribution is -0.383. The summed E-state index contributed by atoms with van der Waals surface area (Å²) in [5.41, 5.74) is 36.6. The van der Waals surface area contributed by atoms with E-state index in [2.05, 4.69) is 160 Å². The Morgan fingerprint density at radius 1 is 0.443 bits per heavy atom. The molecule has 5 aromatic carbocycles. The van der Waals surface area contributed by atoms with Gasteiger partial charge in [-0.25, -0.2) is 24.9 Å². The molecule has 140 heavy (non-hydrogen) atoms. The largest absolute Gasteiger partial charge is 0.480 e. The molecule has 0 spiro atoms. The minimum Gasteiger partial charge on any atom is -0.480 e. The number of nitro benzene ring substituents is 1. The maximum atomic E-state index is 13.1. The number of likely N-dealkylation sites (tertiary alicyclic amines) is 5. The number of imidazole rings is 3. The summed E-state index contributed by atoms with van der Waals surface area (Å²) in [6, 6.07) is 25.8. The highest BCUT2D eigenvalue weighted by molar-refractivity contribution is 14.1. The number of benzene rings is 5. The number of nitrogens with one attached hydrogen (secondary N) is 6. The van der Waals surface area contributed by atoms with Gasteiger partial charge >= 0.3 is 0 Å². The molecule has 5 saturated heterocycles. The number of nitrogens with two attached hydrogens (primary N) is 4. The van der Waals surface area contributed by atoms with Gasteiger partial charge in [-0.05, 0) is 318 Å². The van der Waals surface area contributed by atoms with Gasteiger partial charge in [-0.2, -0.15) is 0 Å². The topological polar surface area (TPSA) is 507 Å². The number of amides is 6. The number of hydrogen-bond donors (Lipinski definition) is 10. The average Bonchev–Trinajstić information content (AvgIpc) is 1.63. The second kappa shape index (κ2) is 43.1. The number of ether oxygens (including phenoxy) is 2. The van der Waals surface area contributed by atoms with Gasteiger partial charge in [0.05, 0.1) is 96.6 Å². The molecule has 0 unspecified atom stereocenters. The Hall–Kier alpha value is -12.9. The summed E-state index contributed by atoms with van der Waals surface area (Å²) in [6.45, 7) is 12.5. The molecule has 22 rings (SSSR count). The van der Waals surface area contributed by atoms with Crippen molar-refractivity contribution in [3.8, 4) is 45.9 Å². The molecule has 6 amide bonds. The summed E-state index contributed by atoms with van der Waals surface area (Å²) < 4.78 is 12.1. The van der Waals surface area contributed by atoms with Crippen molar-refractivity contribution in [2.24, 2.45) is 5.73 Å². The number of aldehydes is 1. The third-order valence-corrected chi connectivity index (χ3v) is 29.9. The van der Waals surface area contributed by atoms with Crippen molar-refractivity contribution in [3.63, 3.8) is 0 Å². The number of imide groups is 1. The van der Waals surface area contributed by atoms with E-state index in [4.69, 9.17) is 43.3 Å². The number of pyridine rings is 4. The molecule has 17 heterocycles. The molecule has 7 aromatic heterocycles. The zero-order valence-corrected chi connectivity index (χ0v) is 84.3. The molecule has 14 N–H and O–H groups in total. The Kier molecular flexibility index (Phi) is 30.8. The molecule has 0 aliphatic carbocycles. The quantitative estimate of drug-likeness (QED) is 0.0128. The molecule has 12 aromatic rings. The smallest absolute Gasteiger partial charge is 0.292 e. The predicted octanol–water partition coefficient (Wildman–Crippen LogP) is 10.8. The van der Waals surface area contributed by atoms with Crippen molar-refractivity contribution in [1.29, 1.82) is 0 Å². The van der Waals surface area contributed by atoms with Gasteiger partial charge in [0, 0.05) is 124 Å². The number of carbonyl (C=O) groups is 7. The van der Waals surface area contributed by atoms with Gasteiger partial charge in [-0.15, -0.1) is 0 Å². The van der Waals surface area contributed by atoms with E-state index >= 15 is 0 Å². The zero-order chi connectivity index (χ0) is 99.5. The van der Waals surface area contributed by atoms with Crippen LogP contribution in [0.5, 0.6) is 11.8 Å². The number of nitro groups is 1. The number of aromatic nitrogens is 10. The average molecular weight is 2150 g/mol. The minimum absolute atomic E-state index is 0.0739. The summed E-state index contributed by atoms with van der Waals surface area (Å²) in [4.78, 5) is 180. The Balaban J connectivity index is 0.000000123. The van der Waals surface area contributed by atoms with Gasteiger partial charge in [0.1, 0.15) is 34.3 Å².